The van der Waals surface area contributed by atoms with Crippen molar-refractivity contribution in [3.8, 4) is 0 Å². The Hall–Kier alpha value is -4.75. The van der Waals surface area contributed by atoms with Crippen molar-refractivity contribution in [2.45, 2.75) is 34.9 Å². The number of non-ortho nitro benzene ring substituents is 1. The lowest BCUT2D eigenvalue weighted by atomic mass is 9.94. The topological polar surface area (TPSA) is 161 Å². The van der Waals surface area contributed by atoms with E-state index in [1.807, 2.05) is 26.0 Å². The monoisotopic (exact) mass is 590 g/mol. The predicted octanol–water partition coefficient (Wildman–Crippen LogP) is 5.03. The first-order chi connectivity index (χ1) is 19.5. The number of aromatic nitrogens is 2. The molecule has 2 aromatic carbocycles. The van der Waals surface area contributed by atoms with Crippen molar-refractivity contribution >= 4 is 49.4 Å². The molecule has 1 atom stereocenters. The molecule has 1 aliphatic rings. The number of nitro benzene ring substituents is 1. The van der Waals surface area contributed by atoms with Crippen LogP contribution in [0.5, 0.6) is 0 Å². The molecule has 41 heavy (non-hydrogen) atoms. The number of nitro groups is 1. The average Bonchev–Trinajstić information content (AvgIpc) is 3.56. The number of aliphatic hydroxyl groups excluding tert-OH is 1. The van der Waals surface area contributed by atoms with Crippen molar-refractivity contribution < 1.29 is 28.0 Å². The summed E-state index contributed by atoms with van der Waals surface area (Å²) in [6.07, 6.45) is 2.50. The molecule has 0 bridgehead atoms. The van der Waals surface area contributed by atoms with E-state index in [2.05, 4.69) is 9.97 Å². The Morgan fingerprint density at radius 3 is 2.29 bits per heavy atom. The van der Waals surface area contributed by atoms with Gasteiger partial charge in [0.1, 0.15) is 9.90 Å². The van der Waals surface area contributed by atoms with Crippen molar-refractivity contribution in [2.75, 3.05) is 4.90 Å². The lowest BCUT2D eigenvalue weighted by Gasteiger charge is -2.23. The molecule has 3 heterocycles. The van der Waals surface area contributed by atoms with Gasteiger partial charge < -0.3 is 5.11 Å². The van der Waals surface area contributed by atoms with E-state index in [1.54, 1.807) is 24.3 Å². The lowest BCUT2D eigenvalue weighted by Crippen LogP contribution is -2.29. The van der Waals surface area contributed by atoms with Crippen molar-refractivity contribution in [1.82, 2.24) is 9.97 Å². The molecule has 0 saturated carbocycles. The molecule has 5 rings (SSSR count). The van der Waals surface area contributed by atoms with Gasteiger partial charge in [-0.3, -0.25) is 29.6 Å². The maximum absolute atomic E-state index is 13.4. The van der Waals surface area contributed by atoms with Gasteiger partial charge in [-0.1, -0.05) is 55.5 Å². The quantitative estimate of drug-likeness (QED) is 0.102. The molecule has 1 amide bonds. The number of benzene rings is 2. The zero-order chi connectivity index (χ0) is 29.5. The molecule has 0 spiro atoms. The first-order valence-electron chi connectivity index (χ1n) is 12.3. The van der Waals surface area contributed by atoms with Crippen LogP contribution in [0.3, 0.4) is 0 Å². The normalized spacial score (nSPS) is 16.9. The van der Waals surface area contributed by atoms with Crippen LogP contribution in [0.2, 0.25) is 0 Å². The van der Waals surface area contributed by atoms with Crippen LogP contribution < -0.4 is 4.90 Å². The first kappa shape index (κ1) is 27.8. The standard InChI is InChI=1S/C28H22N4O7S2/c1-16(2)17-6-8-18(9-7-17)24-23(25(33)21-5-3-4-14-29-21)26(34)27(35)31(24)28-30-15-22(40-28)41(38,39)20-12-10-19(11-13-20)32(36)37/h3-16,24,33H,1-2H3. The number of hydrogen-bond acceptors (Lipinski definition) is 10. The average molecular weight is 591 g/mol. The van der Waals surface area contributed by atoms with Gasteiger partial charge in [-0.2, -0.15) is 0 Å². The van der Waals surface area contributed by atoms with E-state index in [-0.39, 0.29) is 37.1 Å². The van der Waals surface area contributed by atoms with Gasteiger partial charge in [0.05, 0.1) is 27.6 Å². The number of ketones is 1. The van der Waals surface area contributed by atoms with E-state index < -0.39 is 38.3 Å². The van der Waals surface area contributed by atoms with Gasteiger partial charge in [0.25, 0.3) is 11.5 Å². The van der Waals surface area contributed by atoms with Crippen LogP contribution in [-0.4, -0.2) is 40.1 Å². The highest BCUT2D eigenvalue weighted by Gasteiger charge is 2.48. The van der Waals surface area contributed by atoms with Crippen LogP contribution >= 0.6 is 11.3 Å². The Kier molecular flexibility index (Phi) is 7.24. The van der Waals surface area contributed by atoms with E-state index in [0.717, 1.165) is 40.9 Å². The zero-order valence-corrected chi connectivity index (χ0v) is 23.3. The number of Topliss-reactive ketones (excluding diaryl/α,β-unsaturated/α-hetero) is 1. The van der Waals surface area contributed by atoms with Gasteiger partial charge >= 0.3 is 5.91 Å². The third-order valence-corrected chi connectivity index (χ3v) is 9.80. The van der Waals surface area contributed by atoms with Gasteiger partial charge in [-0.25, -0.2) is 13.4 Å². The second-order valence-corrected chi connectivity index (χ2v) is 12.6. The van der Waals surface area contributed by atoms with Crippen LogP contribution in [0.4, 0.5) is 10.8 Å². The lowest BCUT2D eigenvalue weighted by molar-refractivity contribution is -0.384. The van der Waals surface area contributed by atoms with E-state index in [9.17, 15) is 33.2 Å². The molecule has 2 aromatic heterocycles. The summed E-state index contributed by atoms with van der Waals surface area (Å²) < 4.78 is 26.3. The first-order valence-corrected chi connectivity index (χ1v) is 14.6. The predicted molar refractivity (Wildman–Crippen MR) is 150 cm³/mol. The molecular weight excluding hydrogens is 568 g/mol. The van der Waals surface area contributed by atoms with E-state index in [4.69, 9.17) is 0 Å². The Labute approximate surface area is 238 Å². The fourth-order valence-corrected chi connectivity index (χ4v) is 6.95. The highest BCUT2D eigenvalue weighted by Crippen LogP contribution is 2.44. The molecule has 1 fully saturated rings. The molecule has 1 unspecified atom stereocenters. The Morgan fingerprint density at radius 2 is 1.71 bits per heavy atom. The number of thiazole rings is 1. The van der Waals surface area contributed by atoms with Gasteiger partial charge in [0, 0.05) is 18.3 Å². The van der Waals surface area contributed by atoms with Crippen LogP contribution in [0.1, 0.15) is 42.6 Å². The highest BCUT2D eigenvalue weighted by molar-refractivity contribution is 7.93. The van der Waals surface area contributed by atoms with Crippen molar-refractivity contribution in [2.24, 2.45) is 0 Å². The minimum absolute atomic E-state index is 0.0782. The molecule has 1 saturated heterocycles. The molecule has 1 N–H and O–H groups in total. The maximum Gasteiger partial charge on any atom is 0.301 e. The van der Waals surface area contributed by atoms with Crippen LogP contribution in [0, 0.1) is 10.1 Å². The molecular formula is C28H22N4O7S2. The number of amides is 1. The number of sulfone groups is 1. The number of nitrogens with zero attached hydrogens (tertiary/aromatic N) is 4. The summed E-state index contributed by atoms with van der Waals surface area (Å²) in [6, 6.07) is 15.2. The molecule has 13 heteroatoms. The van der Waals surface area contributed by atoms with E-state index >= 15 is 0 Å². The third-order valence-electron chi connectivity index (χ3n) is 6.57. The summed E-state index contributed by atoms with van der Waals surface area (Å²) in [6.45, 7) is 4.04. The number of carbonyl (C=O) groups is 2. The summed E-state index contributed by atoms with van der Waals surface area (Å²) in [5.74, 6) is -2.22. The number of anilines is 1. The minimum Gasteiger partial charge on any atom is -0.505 e. The Bertz CT molecular complexity index is 1800. The number of aliphatic hydroxyl groups is 1. The number of pyridine rings is 1. The maximum atomic E-state index is 13.4. The summed E-state index contributed by atoms with van der Waals surface area (Å²) in [5, 5.41) is 22.0. The third kappa shape index (κ3) is 5.00. The van der Waals surface area contributed by atoms with Gasteiger partial charge in [0.15, 0.2) is 10.9 Å². The summed E-state index contributed by atoms with van der Waals surface area (Å²) in [5.41, 5.74) is 1.13. The summed E-state index contributed by atoms with van der Waals surface area (Å²) in [7, 11) is -4.15. The van der Waals surface area contributed by atoms with Crippen LogP contribution in [0.25, 0.3) is 5.76 Å². The molecule has 11 nitrogen and oxygen atoms in total. The number of carbonyl (C=O) groups excluding carboxylic acids is 2. The molecule has 4 aromatic rings. The second kappa shape index (κ2) is 10.7. The zero-order valence-electron chi connectivity index (χ0n) is 21.7. The van der Waals surface area contributed by atoms with E-state index in [1.165, 1.54) is 12.3 Å². The minimum atomic E-state index is -4.15. The van der Waals surface area contributed by atoms with Crippen LogP contribution in [-0.2, 0) is 19.4 Å². The van der Waals surface area contributed by atoms with Crippen LogP contribution in [0.15, 0.2) is 93.8 Å². The molecule has 0 aliphatic carbocycles. The fourth-order valence-electron chi connectivity index (χ4n) is 4.40. The Balaban J connectivity index is 1.62. The Morgan fingerprint density at radius 1 is 1.02 bits per heavy atom. The summed E-state index contributed by atoms with van der Waals surface area (Å²) in [4.78, 5) is 46.2. The highest BCUT2D eigenvalue weighted by atomic mass is 32.2. The van der Waals surface area contributed by atoms with Gasteiger partial charge in [-0.05, 0) is 41.3 Å². The van der Waals surface area contributed by atoms with E-state index in [0.29, 0.717) is 16.9 Å². The smallest absolute Gasteiger partial charge is 0.301 e. The fraction of sp³-hybridized carbons (Fsp3) is 0.143. The van der Waals surface area contributed by atoms with Gasteiger partial charge in [-0.15, -0.1) is 0 Å². The summed E-state index contributed by atoms with van der Waals surface area (Å²) >= 11 is 0.664. The van der Waals surface area contributed by atoms with Gasteiger partial charge in [0.2, 0.25) is 9.84 Å². The number of rotatable bonds is 7. The number of hydrogen-bond donors (Lipinski definition) is 1. The molecule has 1 aliphatic heterocycles. The molecule has 0 radical (unpaired) electrons. The van der Waals surface area contributed by atoms with Crippen molar-refractivity contribution in [3.63, 3.8) is 0 Å². The van der Waals surface area contributed by atoms with Crippen molar-refractivity contribution in [3.05, 3.63) is 112 Å². The SMILES string of the molecule is CC(C)c1ccc(C2C(=C(O)c3ccccn3)C(=O)C(=O)N2c2ncc(S(=O)(=O)c3ccc([N+](=O)[O-])cc3)s2)cc1. The largest absolute Gasteiger partial charge is 0.505 e. The second-order valence-electron chi connectivity index (χ2n) is 9.42. The van der Waals surface area contributed by atoms with Crippen molar-refractivity contribution in [1.29, 1.82) is 0 Å². The molecule has 208 valence electrons.